The number of hydrogen-bond donors (Lipinski definition) is 1. The molecule has 0 radical (unpaired) electrons. The third kappa shape index (κ3) is 4.08. The molecule has 7 heteroatoms. The lowest BCUT2D eigenvalue weighted by molar-refractivity contribution is -0.117. The number of ether oxygens (including phenoxy) is 2. The number of rotatable bonds is 3. The Morgan fingerprint density at radius 3 is 2.82 bits per heavy atom. The molecular weight excluding hydrogens is 368 g/mol. The van der Waals surface area contributed by atoms with Crippen molar-refractivity contribution < 1.29 is 14.3 Å². The number of benzene rings is 1. The summed E-state index contributed by atoms with van der Waals surface area (Å²) in [6.07, 6.45) is 1.14. The lowest BCUT2D eigenvalue weighted by Gasteiger charge is -2.21. The Labute approximate surface area is 142 Å². The summed E-state index contributed by atoms with van der Waals surface area (Å²) in [6.45, 7) is 3.48. The van der Waals surface area contributed by atoms with Crippen LogP contribution in [0, 0.1) is 0 Å². The third-order valence-electron chi connectivity index (χ3n) is 3.59. The van der Waals surface area contributed by atoms with E-state index in [0.717, 1.165) is 35.4 Å². The summed E-state index contributed by atoms with van der Waals surface area (Å²) in [5, 5.41) is 2.96. The molecule has 0 saturated carbocycles. The first-order valence-electron chi connectivity index (χ1n) is 7.41. The van der Waals surface area contributed by atoms with Gasteiger partial charge in [0.2, 0.25) is 5.91 Å². The van der Waals surface area contributed by atoms with E-state index >= 15 is 0 Å². The Balaban J connectivity index is 1.63. The van der Waals surface area contributed by atoms with Gasteiger partial charge < -0.3 is 14.8 Å². The molecular formula is C15H19BrN2O3S. The van der Waals surface area contributed by atoms with Crippen molar-refractivity contribution in [1.29, 1.82) is 0 Å². The maximum Gasteiger partial charge on any atom is 0.238 e. The normalized spacial score (nSPS) is 18.6. The average Bonchev–Trinajstić information content (AvgIpc) is 2.76. The third-order valence-corrected chi connectivity index (χ3v) is 5.29. The first kappa shape index (κ1) is 16.0. The minimum Gasteiger partial charge on any atom is -0.486 e. The van der Waals surface area contributed by atoms with E-state index in [0.29, 0.717) is 31.3 Å². The molecule has 2 heterocycles. The molecule has 120 valence electrons. The molecule has 1 aromatic rings. The van der Waals surface area contributed by atoms with E-state index in [-0.39, 0.29) is 5.91 Å². The van der Waals surface area contributed by atoms with Crippen LogP contribution in [0.2, 0.25) is 0 Å². The fourth-order valence-electron chi connectivity index (χ4n) is 2.51. The second-order valence-electron chi connectivity index (χ2n) is 5.27. The van der Waals surface area contributed by atoms with E-state index in [2.05, 4.69) is 26.1 Å². The molecule has 1 amide bonds. The molecule has 0 atom stereocenters. The molecule has 22 heavy (non-hydrogen) atoms. The van der Waals surface area contributed by atoms with Gasteiger partial charge in [0.25, 0.3) is 0 Å². The molecule has 2 aliphatic rings. The van der Waals surface area contributed by atoms with E-state index in [1.165, 1.54) is 5.75 Å². The molecule has 0 aliphatic carbocycles. The van der Waals surface area contributed by atoms with Crippen LogP contribution in [0.25, 0.3) is 0 Å². The highest BCUT2D eigenvalue weighted by molar-refractivity contribution is 9.10. The van der Waals surface area contributed by atoms with Crippen molar-refractivity contribution in [3.63, 3.8) is 0 Å². The predicted octanol–water partition coefficient (Wildman–Crippen LogP) is 2.60. The summed E-state index contributed by atoms with van der Waals surface area (Å²) < 4.78 is 11.9. The van der Waals surface area contributed by atoms with Gasteiger partial charge in [0.05, 0.1) is 12.2 Å². The van der Waals surface area contributed by atoms with Crippen molar-refractivity contribution in [3.8, 4) is 11.5 Å². The second kappa shape index (κ2) is 7.57. The number of fused-ring (bicyclic) bond motifs is 1. The number of nitrogens with one attached hydrogen (secondary N) is 1. The van der Waals surface area contributed by atoms with Gasteiger partial charge in [-0.25, -0.2) is 0 Å². The zero-order valence-electron chi connectivity index (χ0n) is 12.3. The van der Waals surface area contributed by atoms with E-state index < -0.39 is 0 Å². The predicted molar refractivity (Wildman–Crippen MR) is 92.1 cm³/mol. The first-order valence-corrected chi connectivity index (χ1v) is 9.36. The highest BCUT2D eigenvalue weighted by Crippen LogP contribution is 2.38. The smallest absolute Gasteiger partial charge is 0.238 e. The summed E-state index contributed by atoms with van der Waals surface area (Å²) in [5.41, 5.74) is 0.721. The molecule has 1 saturated heterocycles. The van der Waals surface area contributed by atoms with Crippen LogP contribution in [0.4, 0.5) is 5.69 Å². The van der Waals surface area contributed by atoms with Crippen molar-refractivity contribution >= 4 is 39.3 Å². The number of anilines is 1. The van der Waals surface area contributed by atoms with Crippen LogP contribution in [0.3, 0.4) is 0 Å². The Morgan fingerprint density at radius 1 is 1.23 bits per heavy atom. The van der Waals surface area contributed by atoms with Crippen molar-refractivity contribution in [2.24, 2.45) is 0 Å². The molecule has 0 unspecified atom stereocenters. The van der Waals surface area contributed by atoms with E-state index in [1.54, 1.807) is 0 Å². The van der Waals surface area contributed by atoms with Gasteiger partial charge in [-0.05, 0) is 34.6 Å². The number of hydrogen-bond acceptors (Lipinski definition) is 5. The van der Waals surface area contributed by atoms with Crippen LogP contribution in [-0.2, 0) is 4.79 Å². The van der Waals surface area contributed by atoms with Crippen LogP contribution >= 0.6 is 27.7 Å². The highest BCUT2D eigenvalue weighted by Gasteiger charge is 2.18. The van der Waals surface area contributed by atoms with Gasteiger partial charge in [0.15, 0.2) is 11.5 Å². The molecule has 1 aromatic carbocycles. The van der Waals surface area contributed by atoms with Gasteiger partial charge in [-0.2, -0.15) is 11.8 Å². The van der Waals surface area contributed by atoms with Crippen LogP contribution in [-0.4, -0.2) is 55.2 Å². The number of carbonyl (C=O) groups is 1. The van der Waals surface area contributed by atoms with Crippen molar-refractivity contribution in [3.05, 3.63) is 16.6 Å². The van der Waals surface area contributed by atoms with Gasteiger partial charge in [-0.1, -0.05) is 0 Å². The standard InChI is InChI=1S/C15H19BrN2O3S/c16-11-8-13-14(21-5-4-20-13)9-12(11)17-15(19)10-18-2-1-6-22-7-3-18/h8-9H,1-7,10H2,(H,17,19). The van der Waals surface area contributed by atoms with Gasteiger partial charge in [-0.3, -0.25) is 9.69 Å². The monoisotopic (exact) mass is 386 g/mol. The minimum atomic E-state index is 0.00396. The van der Waals surface area contributed by atoms with E-state index in [9.17, 15) is 4.79 Å². The lowest BCUT2D eigenvalue weighted by atomic mass is 10.2. The maximum atomic E-state index is 12.3. The Hall–Kier alpha value is -0.920. The second-order valence-corrected chi connectivity index (χ2v) is 7.35. The van der Waals surface area contributed by atoms with Crippen molar-refractivity contribution in [2.75, 3.05) is 49.7 Å². The molecule has 1 N–H and O–H groups in total. The molecule has 0 aromatic heterocycles. The summed E-state index contributed by atoms with van der Waals surface area (Å²) in [6, 6.07) is 3.65. The molecule has 1 fully saturated rings. The number of nitrogens with zero attached hydrogens (tertiary/aromatic N) is 1. The van der Waals surface area contributed by atoms with E-state index in [1.807, 2.05) is 23.9 Å². The largest absolute Gasteiger partial charge is 0.486 e. The number of amides is 1. The highest BCUT2D eigenvalue weighted by atomic mass is 79.9. The van der Waals surface area contributed by atoms with Gasteiger partial charge in [0, 0.05) is 28.9 Å². The zero-order chi connectivity index (χ0) is 15.4. The lowest BCUT2D eigenvalue weighted by Crippen LogP contribution is -2.34. The topological polar surface area (TPSA) is 50.8 Å². The minimum absolute atomic E-state index is 0.00396. The van der Waals surface area contributed by atoms with E-state index in [4.69, 9.17) is 9.47 Å². The van der Waals surface area contributed by atoms with Crippen LogP contribution in [0.15, 0.2) is 16.6 Å². The Morgan fingerprint density at radius 2 is 2.00 bits per heavy atom. The SMILES string of the molecule is O=C(CN1CCCSCC1)Nc1cc2c(cc1Br)OCCO2. The molecule has 0 bridgehead atoms. The maximum absolute atomic E-state index is 12.3. The molecule has 5 nitrogen and oxygen atoms in total. The summed E-state index contributed by atoms with van der Waals surface area (Å²) in [7, 11) is 0. The van der Waals surface area contributed by atoms with Crippen LogP contribution in [0.5, 0.6) is 11.5 Å². The summed E-state index contributed by atoms with van der Waals surface area (Å²) in [5.74, 6) is 3.67. The fourth-order valence-corrected chi connectivity index (χ4v) is 3.85. The van der Waals surface area contributed by atoms with Crippen LogP contribution < -0.4 is 14.8 Å². The van der Waals surface area contributed by atoms with Gasteiger partial charge >= 0.3 is 0 Å². The van der Waals surface area contributed by atoms with Crippen molar-refractivity contribution in [2.45, 2.75) is 6.42 Å². The fraction of sp³-hybridized carbons (Fsp3) is 0.533. The molecule has 2 aliphatic heterocycles. The molecule has 3 rings (SSSR count). The average molecular weight is 387 g/mol. The number of carbonyl (C=O) groups excluding carboxylic acids is 1. The number of thioether (sulfide) groups is 1. The van der Waals surface area contributed by atoms with Crippen molar-refractivity contribution in [1.82, 2.24) is 4.90 Å². The van der Waals surface area contributed by atoms with Gasteiger partial charge in [-0.15, -0.1) is 0 Å². The van der Waals surface area contributed by atoms with Crippen LogP contribution in [0.1, 0.15) is 6.42 Å². The quantitative estimate of drug-likeness (QED) is 0.864. The Bertz CT molecular complexity index is 548. The van der Waals surface area contributed by atoms with Gasteiger partial charge in [0.1, 0.15) is 13.2 Å². The summed E-state index contributed by atoms with van der Waals surface area (Å²) >= 11 is 5.43. The first-order chi connectivity index (χ1) is 10.7. The summed E-state index contributed by atoms with van der Waals surface area (Å²) in [4.78, 5) is 14.5. The zero-order valence-corrected chi connectivity index (χ0v) is 14.7. The molecule has 0 spiro atoms. The number of halogens is 1. The Kier molecular flexibility index (Phi) is 5.49.